The number of carbonyl (C=O) groups excluding carboxylic acids is 2. The Morgan fingerprint density at radius 1 is 1.00 bits per heavy atom. The van der Waals surface area contributed by atoms with Gasteiger partial charge in [-0.15, -0.1) is 0 Å². The number of rotatable bonds is 12. The lowest BCUT2D eigenvalue weighted by Crippen LogP contribution is -2.46. The van der Waals surface area contributed by atoms with Gasteiger partial charge in [0, 0.05) is 6.61 Å². The molecule has 0 aliphatic rings. The Kier molecular flexibility index (Phi) is 10.3. The maximum absolute atomic E-state index is 12.6. The minimum Gasteiger partial charge on any atom is -0.453 e. The fraction of sp³-hybridized carbons (Fsp3) is 0.889. The van der Waals surface area contributed by atoms with Crippen LogP contribution in [0.5, 0.6) is 0 Å². The van der Waals surface area contributed by atoms with Crippen LogP contribution in [0.2, 0.25) is 0 Å². The average molecular weight is 330 g/mol. The first kappa shape index (κ1) is 22.1. The Balaban J connectivity index is 4.60. The van der Waals surface area contributed by atoms with Gasteiger partial charge in [-0.05, 0) is 47.5 Å². The summed E-state index contributed by atoms with van der Waals surface area (Å²) in [6.45, 7) is 13.2. The van der Waals surface area contributed by atoms with Crippen LogP contribution in [0.25, 0.3) is 0 Å². The normalized spacial score (nSPS) is 16.7. The van der Waals surface area contributed by atoms with Gasteiger partial charge in [0.05, 0.1) is 6.10 Å². The van der Waals surface area contributed by atoms with Gasteiger partial charge in [0.2, 0.25) is 5.78 Å². The van der Waals surface area contributed by atoms with Crippen molar-refractivity contribution in [1.29, 1.82) is 0 Å². The molecule has 5 heteroatoms. The molecule has 3 atom stereocenters. The highest BCUT2D eigenvalue weighted by molar-refractivity contribution is 5.92. The van der Waals surface area contributed by atoms with Gasteiger partial charge >= 0.3 is 5.97 Å². The van der Waals surface area contributed by atoms with Gasteiger partial charge in [-0.2, -0.15) is 0 Å². The molecule has 5 nitrogen and oxygen atoms in total. The van der Waals surface area contributed by atoms with Crippen molar-refractivity contribution in [2.45, 2.75) is 98.1 Å². The van der Waals surface area contributed by atoms with E-state index >= 15 is 0 Å². The van der Waals surface area contributed by atoms with Crippen LogP contribution in [0.1, 0.15) is 74.1 Å². The van der Waals surface area contributed by atoms with Crippen molar-refractivity contribution >= 4 is 11.8 Å². The maximum atomic E-state index is 12.6. The van der Waals surface area contributed by atoms with Crippen LogP contribution in [-0.4, -0.2) is 42.3 Å². The third-order valence-electron chi connectivity index (χ3n) is 3.83. The quantitative estimate of drug-likeness (QED) is 0.403. The van der Waals surface area contributed by atoms with E-state index in [4.69, 9.17) is 14.2 Å². The summed E-state index contributed by atoms with van der Waals surface area (Å²) >= 11 is 0. The van der Waals surface area contributed by atoms with Crippen molar-refractivity contribution in [3.63, 3.8) is 0 Å². The van der Waals surface area contributed by atoms with Crippen molar-refractivity contribution in [2.75, 3.05) is 6.61 Å². The summed E-state index contributed by atoms with van der Waals surface area (Å²) in [6, 6.07) is 0. The number of ketones is 1. The van der Waals surface area contributed by atoms with E-state index < -0.39 is 23.8 Å². The van der Waals surface area contributed by atoms with E-state index in [1.807, 2.05) is 20.8 Å². The largest absolute Gasteiger partial charge is 0.453 e. The van der Waals surface area contributed by atoms with Gasteiger partial charge in [0.15, 0.2) is 12.2 Å². The van der Waals surface area contributed by atoms with E-state index in [2.05, 4.69) is 6.92 Å². The van der Waals surface area contributed by atoms with Crippen molar-refractivity contribution in [1.82, 2.24) is 0 Å². The maximum Gasteiger partial charge on any atom is 0.335 e. The summed E-state index contributed by atoms with van der Waals surface area (Å²) < 4.78 is 16.4. The fourth-order valence-electron chi connectivity index (χ4n) is 2.21. The minimum atomic E-state index is -0.921. The number of hydrogen-bond donors (Lipinski definition) is 0. The van der Waals surface area contributed by atoms with Crippen molar-refractivity contribution < 1.29 is 23.8 Å². The van der Waals surface area contributed by atoms with Gasteiger partial charge in [-0.1, -0.05) is 26.7 Å². The molecular formula is C18H34O5. The van der Waals surface area contributed by atoms with Gasteiger partial charge in [-0.3, -0.25) is 4.79 Å². The molecule has 0 amide bonds. The molecule has 0 aromatic carbocycles. The van der Waals surface area contributed by atoms with Crippen molar-refractivity contribution in [3.05, 3.63) is 0 Å². The van der Waals surface area contributed by atoms with Crippen molar-refractivity contribution in [3.8, 4) is 0 Å². The fourth-order valence-corrected chi connectivity index (χ4v) is 2.21. The lowest BCUT2D eigenvalue weighted by molar-refractivity contribution is -0.173. The average Bonchev–Trinajstić information content (AvgIpc) is 2.49. The monoisotopic (exact) mass is 330 g/mol. The minimum absolute atomic E-state index is 0.0774. The Morgan fingerprint density at radius 3 is 2.09 bits per heavy atom. The Hall–Kier alpha value is -0.940. The van der Waals surface area contributed by atoms with Gasteiger partial charge in [0.25, 0.3) is 0 Å². The molecule has 0 aliphatic carbocycles. The smallest absolute Gasteiger partial charge is 0.335 e. The topological polar surface area (TPSA) is 61.8 Å². The summed E-state index contributed by atoms with van der Waals surface area (Å²) in [5.74, 6) is -0.731. The molecule has 0 spiro atoms. The van der Waals surface area contributed by atoms with Crippen LogP contribution in [0.3, 0.4) is 0 Å². The predicted molar refractivity (Wildman–Crippen MR) is 90.4 cm³/mol. The second kappa shape index (κ2) is 10.8. The zero-order chi connectivity index (χ0) is 18.0. The standard InChI is InChI=1S/C18H34O5/c1-8-10-11-12-21-18(7,9-2)16(19)14(5)23-17(20)15(6)22-13(3)4/h13-15H,8-12H2,1-7H3. The van der Waals surface area contributed by atoms with Crippen LogP contribution >= 0.6 is 0 Å². The highest BCUT2D eigenvalue weighted by atomic mass is 16.6. The first-order valence-corrected chi connectivity index (χ1v) is 8.72. The second-order valence-electron chi connectivity index (χ2n) is 6.41. The molecule has 0 aromatic heterocycles. The molecule has 0 aliphatic heterocycles. The molecule has 0 saturated carbocycles. The zero-order valence-corrected chi connectivity index (χ0v) is 15.8. The van der Waals surface area contributed by atoms with Crippen molar-refractivity contribution in [2.24, 2.45) is 0 Å². The predicted octanol–water partition coefficient (Wildman–Crippen LogP) is 3.68. The molecular weight excluding hydrogens is 296 g/mol. The Bertz CT molecular complexity index is 366. The van der Waals surface area contributed by atoms with Gasteiger partial charge < -0.3 is 14.2 Å². The van der Waals surface area contributed by atoms with E-state index in [0.717, 1.165) is 19.3 Å². The summed E-state index contributed by atoms with van der Waals surface area (Å²) in [4.78, 5) is 24.6. The first-order chi connectivity index (χ1) is 10.7. The number of Topliss-reactive ketones (excluding diaryl/α,β-unsaturated/α-hetero) is 1. The summed E-state index contributed by atoms with van der Waals surface area (Å²) in [5.41, 5.74) is -0.921. The summed E-state index contributed by atoms with van der Waals surface area (Å²) in [6.07, 6.45) is 2.02. The summed E-state index contributed by atoms with van der Waals surface area (Å²) in [7, 11) is 0. The highest BCUT2D eigenvalue weighted by Crippen LogP contribution is 2.21. The number of ether oxygens (including phenoxy) is 3. The van der Waals surface area contributed by atoms with E-state index in [1.54, 1.807) is 20.8 Å². The van der Waals surface area contributed by atoms with E-state index in [1.165, 1.54) is 0 Å². The molecule has 0 saturated heterocycles. The van der Waals surface area contributed by atoms with Crippen LogP contribution < -0.4 is 0 Å². The second-order valence-corrected chi connectivity index (χ2v) is 6.41. The number of unbranched alkanes of at least 4 members (excludes halogenated alkanes) is 2. The van der Waals surface area contributed by atoms with Crippen LogP contribution in [0, 0.1) is 0 Å². The third-order valence-corrected chi connectivity index (χ3v) is 3.83. The Labute approximate surface area is 141 Å². The molecule has 0 heterocycles. The van der Waals surface area contributed by atoms with E-state index in [-0.39, 0.29) is 11.9 Å². The Morgan fingerprint density at radius 2 is 1.61 bits per heavy atom. The first-order valence-electron chi connectivity index (χ1n) is 8.72. The number of hydrogen-bond acceptors (Lipinski definition) is 5. The van der Waals surface area contributed by atoms with Crippen LogP contribution in [-0.2, 0) is 23.8 Å². The molecule has 23 heavy (non-hydrogen) atoms. The molecule has 136 valence electrons. The molecule has 3 unspecified atom stereocenters. The van der Waals surface area contributed by atoms with Gasteiger partial charge in [-0.25, -0.2) is 4.79 Å². The van der Waals surface area contributed by atoms with Gasteiger partial charge in [0.1, 0.15) is 5.60 Å². The lowest BCUT2D eigenvalue weighted by Gasteiger charge is -2.30. The summed E-state index contributed by atoms with van der Waals surface area (Å²) in [5, 5.41) is 0. The molecule has 0 N–H and O–H groups in total. The number of carbonyl (C=O) groups is 2. The lowest BCUT2D eigenvalue weighted by atomic mass is 9.94. The number of esters is 1. The van der Waals surface area contributed by atoms with E-state index in [0.29, 0.717) is 13.0 Å². The molecule has 0 radical (unpaired) electrons. The molecule has 0 fully saturated rings. The van der Waals surface area contributed by atoms with E-state index in [9.17, 15) is 9.59 Å². The van der Waals surface area contributed by atoms with Crippen LogP contribution in [0.4, 0.5) is 0 Å². The highest BCUT2D eigenvalue weighted by Gasteiger charge is 2.37. The third kappa shape index (κ3) is 7.93. The molecule has 0 rings (SSSR count). The SMILES string of the molecule is CCCCCOC(C)(CC)C(=O)C(C)OC(=O)C(C)OC(C)C. The molecule has 0 aromatic rings. The van der Waals surface area contributed by atoms with Crippen LogP contribution in [0.15, 0.2) is 0 Å². The zero-order valence-electron chi connectivity index (χ0n) is 15.8. The molecule has 0 bridgehead atoms.